The molecule has 184 valence electrons. The minimum atomic E-state index is -0.118. The predicted octanol–water partition coefficient (Wildman–Crippen LogP) is 7.36. The van der Waals surface area contributed by atoms with E-state index in [0.717, 1.165) is 30.7 Å². The van der Waals surface area contributed by atoms with Crippen LogP contribution in [0.15, 0.2) is 58.8 Å². The van der Waals surface area contributed by atoms with Crippen LogP contribution in [0.4, 0.5) is 11.4 Å². The van der Waals surface area contributed by atoms with Gasteiger partial charge < -0.3 is 14.2 Å². The van der Waals surface area contributed by atoms with Crippen LogP contribution in [0.1, 0.15) is 59.4 Å². The third kappa shape index (κ3) is 11.6. The molecule has 7 heteroatoms. The van der Waals surface area contributed by atoms with Crippen molar-refractivity contribution in [3.05, 3.63) is 54.1 Å². The Morgan fingerprint density at radius 2 is 1.59 bits per heavy atom. The summed E-state index contributed by atoms with van der Waals surface area (Å²) in [7, 11) is 1.41. The SMILES string of the molecule is CCC(C)(C)CCOCOc1ccc(N=Nc2ccc(C#N)cc2)cc1.CCC(C)C(=O)OC. The van der Waals surface area contributed by atoms with Crippen LogP contribution in [0.25, 0.3) is 0 Å². The molecule has 0 aliphatic heterocycles. The average Bonchev–Trinajstić information content (AvgIpc) is 2.87. The number of nitrogens with zero attached hydrogens (tertiary/aromatic N) is 3. The molecule has 2 aromatic rings. The molecule has 0 N–H and O–H groups in total. The maximum atomic E-state index is 10.5. The highest BCUT2D eigenvalue weighted by molar-refractivity contribution is 5.71. The molecule has 0 saturated carbocycles. The summed E-state index contributed by atoms with van der Waals surface area (Å²) in [5.41, 5.74) is 2.34. The Bertz CT molecular complexity index is 916. The van der Waals surface area contributed by atoms with Gasteiger partial charge in [0.25, 0.3) is 0 Å². The minimum Gasteiger partial charge on any atom is -0.469 e. The molecule has 0 radical (unpaired) electrons. The second-order valence-electron chi connectivity index (χ2n) is 8.62. The van der Waals surface area contributed by atoms with Crippen LogP contribution in [-0.4, -0.2) is 26.5 Å². The van der Waals surface area contributed by atoms with Gasteiger partial charge in [0.1, 0.15) is 5.75 Å². The number of carbonyl (C=O) groups excluding carboxylic acids is 1. The molecule has 1 unspecified atom stereocenters. The van der Waals surface area contributed by atoms with E-state index in [0.29, 0.717) is 23.3 Å². The monoisotopic (exact) mass is 467 g/mol. The molecule has 0 aliphatic rings. The molecule has 0 fully saturated rings. The number of hydrogen-bond donors (Lipinski definition) is 0. The van der Waals surface area contributed by atoms with Gasteiger partial charge in [0.05, 0.1) is 42.6 Å². The molecule has 2 rings (SSSR count). The Labute approximate surface area is 203 Å². The second-order valence-corrected chi connectivity index (χ2v) is 8.62. The first-order valence-corrected chi connectivity index (χ1v) is 11.5. The number of benzene rings is 2. The summed E-state index contributed by atoms with van der Waals surface area (Å²) in [5, 5.41) is 17.1. The van der Waals surface area contributed by atoms with Crippen molar-refractivity contribution in [3.63, 3.8) is 0 Å². The Hall–Kier alpha value is -3.24. The number of esters is 1. The number of nitriles is 1. The maximum absolute atomic E-state index is 10.5. The van der Waals surface area contributed by atoms with Crippen LogP contribution >= 0.6 is 0 Å². The van der Waals surface area contributed by atoms with E-state index in [4.69, 9.17) is 14.7 Å². The first-order valence-electron chi connectivity index (χ1n) is 11.5. The second kappa shape index (κ2) is 15.6. The highest BCUT2D eigenvalue weighted by Gasteiger charge is 2.14. The summed E-state index contributed by atoms with van der Waals surface area (Å²) in [6, 6.07) is 16.4. The third-order valence-corrected chi connectivity index (χ3v) is 5.52. The molecular formula is C27H37N3O4. The van der Waals surface area contributed by atoms with Crippen molar-refractivity contribution >= 4 is 17.3 Å². The van der Waals surface area contributed by atoms with Gasteiger partial charge in [-0.2, -0.15) is 15.5 Å². The number of hydrogen-bond acceptors (Lipinski definition) is 7. The summed E-state index contributed by atoms with van der Waals surface area (Å²) in [6.45, 7) is 11.4. The Morgan fingerprint density at radius 1 is 1.03 bits per heavy atom. The highest BCUT2D eigenvalue weighted by atomic mass is 16.7. The molecule has 0 saturated heterocycles. The van der Waals surface area contributed by atoms with Crippen molar-refractivity contribution in [3.8, 4) is 11.8 Å². The standard InChI is InChI=1S/C21H25N3O2.C6H12O2/c1-4-21(2,3)13-14-25-16-26-20-11-9-19(10-12-20)24-23-18-7-5-17(15-22)6-8-18;1-4-5(2)6(7)8-3/h5-12H,4,13-14,16H2,1-3H3;5H,4H2,1-3H3. The fraction of sp³-hybridized carbons (Fsp3) is 0.481. The van der Waals surface area contributed by atoms with E-state index in [9.17, 15) is 4.79 Å². The zero-order valence-corrected chi connectivity index (χ0v) is 21.2. The van der Waals surface area contributed by atoms with Gasteiger partial charge in [-0.3, -0.25) is 4.79 Å². The smallest absolute Gasteiger partial charge is 0.308 e. The van der Waals surface area contributed by atoms with Gasteiger partial charge >= 0.3 is 5.97 Å². The summed E-state index contributed by atoms with van der Waals surface area (Å²) < 4.78 is 15.6. The summed E-state index contributed by atoms with van der Waals surface area (Å²) in [6.07, 6.45) is 3.00. The first kappa shape index (κ1) is 28.8. The van der Waals surface area contributed by atoms with E-state index in [1.165, 1.54) is 7.11 Å². The van der Waals surface area contributed by atoms with E-state index >= 15 is 0 Å². The minimum absolute atomic E-state index is 0.0556. The topological polar surface area (TPSA) is 93.3 Å². The summed E-state index contributed by atoms with van der Waals surface area (Å²) in [4.78, 5) is 10.5. The van der Waals surface area contributed by atoms with Gasteiger partial charge in [0.2, 0.25) is 0 Å². The molecule has 0 aliphatic carbocycles. The molecular weight excluding hydrogens is 430 g/mol. The lowest BCUT2D eigenvalue weighted by molar-refractivity contribution is -0.144. The van der Waals surface area contributed by atoms with E-state index in [-0.39, 0.29) is 18.7 Å². The van der Waals surface area contributed by atoms with Crippen LogP contribution in [0.3, 0.4) is 0 Å². The number of carbonyl (C=O) groups is 1. The van der Waals surface area contributed by atoms with E-state index in [1.807, 2.05) is 38.1 Å². The van der Waals surface area contributed by atoms with Gasteiger partial charge in [-0.15, -0.1) is 0 Å². The normalized spacial score (nSPS) is 11.8. The maximum Gasteiger partial charge on any atom is 0.308 e. The number of azo groups is 1. The van der Waals surface area contributed by atoms with Crippen molar-refractivity contribution in [2.75, 3.05) is 20.5 Å². The van der Waals surface area contributed by atoms with Crippen molar-refractivity contribution in [2.24, 2.45) is 21.6 Å². The van der Waals surface area contributed by atoms with Crippen LogP contribution < -0.4 is 4.74 Å². The largest absolute Gasteiger partial charge is 0.469 e. The lowest BCUT2D eigenvalue weighted by Crippen LogP contribution is -2.14. The van der Waals surface area contributed by atoms with Gasteiger partial charge in [0.15, 0.2) is 6.79 Å². The first-order chi connectivity index (χ1) is 16.2. The lowest BCUT2D eigenvalue weighted by atomic mass is 9.87. The molecule has 7 nitrogen and oxygen atoms in total. The highest BCUT2D eigenvalue weighted by Crippen LogP contribution is 2.24. The molecule has 0 spiro atoms. The van der Waals surface area contributed by atoms with Gasteiger partial charge in [-0.05, 0) is 66.8 Å². The summed E-state index contributed by atoms with van der Waals surface area (Å²) >= 11 is 0. The van der Waals surface area contributed by atoms with E-state index in [2.05, 4.69) is 41.8 Å². The molecule has 0 bridgehead atoms. The quantitative estimate of drug-likeness (QED) is 0.149. The van der Waals surface area contributed by atoms with Crippen LogP contribution in [0.2, 0.25) is 0 Å². The predicted molar refractivity (Wildman–Crippen MR) is 133 cm³/mol. The lowest BCUT2D eigenvalue weighted by Gasteiger charge is -2.22. The van der Waals surface area contributed by atoms with Crippen molar-refractivity contribution in [1.82, 2.24) is 0 Å². The fourth-order valence-electron chi connectivity index (χ4n) is 2.39. The van der Waals surface area contributed by atoms with Crippen molar-refractivity contribution < 1.29 is 19.0 Å². The molecule has 0 amide bonds. The van der Waals surface area contributed by atoms with Gasteiger partial charge in [0, 0.05) is 0 Å². The molecule has 2 aromatic carbocycles. The van der Waals surface area contributed by atoms with Crippen molar-refractivity contribution in [2.45, 2.75) is 53.9 Å². The van der Waals surface area contributed by atoms with Crippen LogP contribution in [0.5, 0.6) is 5.75 Å². The number of rotatable bonds is 11. The molecule has 0 heterocycles. The van der Waals surface area contributed by atoms with Crippen LogP contribution in [0, 0.1) is 22.7 Å². The Morgan fingerprint density at radius 3 is 2.03 bits per heavy atom. The number of ether oxygens (including phenoxy) is 3. The molecule has 1 atom stereocenters. The molecule has 34 heavy (non-hydrogen) atoms. The average molecular weight is 468 g/mol. The zero-order valence-electron chi connectivity index (χ0n) is 21.2. The van der Waals surface area contributed by atoms with Crippen molar-refractivity contribution in [1.29, 1.82) is 5.26 Å². The Kier molecular flexibility index (Phi) is 13.2. The fourth-order valence-corrected chi connectivity index (χ4v) is 2.39. The zero-order chi connectivity index (χ0) is 25.4. The van der Waals surface area contributed by atoms with E-state index in [1.54, 1.807) is 24.3 Å². The number of methoxy groups -OCH3 is 1. The third-order valence-electron chi connectivity index (χ3n) is 5.52. The molecule has 0 aromatic heterocycles. The van der Waals surface area contributed by atoms with E-state index < -0.39 is 0 Å². The van der Waals surface area contributed by atoms with Gasteiger partial charge in [-0.25, -0.2) is 0 Å². The van der Waals surface area contributed by atoms with Gasteiger partial charge in [-0.1, -0.05) is 41.0 Å². The van der Waals surface area contributed by atoms with Crippen LogP contribution in [-0.2, 0) is 14.3 Å². The summed E-state index contributed by atoms with van der Waals surface area (Å²) in [5.74, 6) is 0.671. The Balaban J connectivity index is 0.000000620.